The molecule has 0 fully saturated rings. The first-order valence-corrected chi connectivity index (χ1v) is 8.52. The number of nitrogens with one attached hydrogen (secondary N) is 1. The molecule has 0 aliphatic rings. The topological polar surface area (TPSA) is 128 Å². The molecule has 27 heavy (non-hydrogen) atoms. The van der Waals surface area contributed by atoms with E-state index in [2.05, 4.69) is 10.3 Å². The smallest absolute Gasteiger partial charge is 0.250 e. The van der Waals surface area contributed by atoms with Gasteiger partial charge < -0.3 is 21.6 Å². The van der Waals surface area contributed by atoms with Gasteiger partial charge in [0.05, 0.1) is 16.8 Å². The summed E-state index contributed by atoms with van der Waals surface area (Å²) in [6.07, 6.45) is 3.46. The van der Waals surface area contributed by atoms with E-state index in [4.69, 9.17) is 11.5 Å². The number of primary amides is 2. The molecule has 0 bridgehead atoms. The van der Waals surface area contributed by atoms with Gasteiger partial charge in [-0.2, -0.15) is 0 Å². The number of anilines is 1. The Morgan fingerprint density at radius 2 is 1.63 bits per heavy atom. The van der Waals surface area contributed by atoms with Crippen LogP contribution in [0, 0.1) is 5.92 Å². The molecule has 2 aromatic carbocycles. The number of carbonyl (C=O) groups is 3. The van der Waals surface area contributed by atoms with Gasteiger partial charge in [0, 0.05) is 30.8 Å². The fourth-order valence-corrected chi connectivity index (χ4v) is 2.58. The molecule has 0 saturated carbocycles. The molecule has 0 saturated heterocycles. The quantitative estimate of drug-likeness (QED) is 0.440. The van der Waals surface area contributed by atoms with Gasteiger partial charge in [0.2, 0.25) is 0 Å². The molecule has 0 aliphatic heterocycles. The second kappa shape index (κ2) is 9.86. The lowest BCUT2D eigenvalue weighted by molar-refractivity contribution is -0.108. The molecule has 2 rings (SSSR count). The van der Waals surface area contributed by atoms with Crippen molar-refractivity contribution in [3.63, 3.8) is 0 Å². The molecule has 0 aliphatic carbocycles. The molecule has 1 atom stereocenters. The van der Waals surface area contributed by atoms with Crippen LogP contribution in [0.1, 0.15) is 33.6 Å². The number of hydrogen-bond donors (Lipinski definition) is 3. The molecule has 140 valence electrons. The number of rotatable bonds is 10. The van der Waals surface area contributed by atoms with Crippen molar-refractivity contribution >= 4 is 35.7 Å². The Hall–Kier alpha value is -3.48. The van der Waals surface area contributed by atoms with Crippen LogP contribution in [0.4, 0.5) is 11.4 Å². The Labute approximate surface area is 157 Å². The molecular formula is C20H22N4O3. The zero-order valence-corrected chi connectivity index (χ0v) is 14.8. The van der Waals surface area contributed by atoms with E-state index < -0.39 is 11.8 Å². The van der Waals surface area contributed by atoms with E-state index in [1.54, 1.807) is 54.7 Å². The largest absolute Gasteiger partial charge is 0.384 e. The maximum atomic E-state index is 11.5. The summed E-state index contributed by atoms with van der Waals surface area (Å²) in [5.74, 6) is -1.18. The number of hydrogen-bond acceptors (Lipinski definition) is 5. The van der Waals surface area contributed by atoms with Gasteiger partial charge in [-0.25, -0.2) is 0 Å². The van der Waals surface area contributed by atoms with E-state index in [1.165, 1.54) is 0 Å². The third-order valence-electron chi connectivity index (χ3n) is 4.00. The summed E-state index contributed by atoms with van der Waals surface area (Å²) >= 11 is 0. The first-order valence-electron chi connectivity index (χ1n) is 8.52. The summed E-state index contributed by atoms with van der Waals surface area (Å²) in [4.78, 5) is 38.1. The molecule has 0 aromatic heterocycles. The molecular weight excluding hydrogens is 344 g/mol. The zero-order chi connectivity index (χ0) is 19.6. The molecule has 0 radical (unpaired) electrons. The summed E-state index contributed by atoms with van der Waals surface area (Å²) < 4.78 is 0. The van der Waals surface area contributed by atoms with Crippen LogP contribution in [0.15, 0.2) is 53.5 Å². The molecule has 0 heterocycles. The highest BCUT2D eigenvalue weighted by Gasteiger charge is 2.11. The minimum atomic E-state index is -0.555. The number of nitrogens with two attached hydrogens (primary N) is 2. The summed E-state index contributed by atoms with van der Waals surface area (Å²) in [7, 11) is 0. The average Bonchev–Trinajstić information content (AvgIpc) is 2.67. The fraction of sp³-hybridized carbons (Fsp3) is 0.200. The van der Waals surface area contributed by atoms with Crippen molar-refractivity contribution in [2.45, 2.75) is 12.8 Å². The van der Waals surface area contributed by atoms with Crippen LogP contribution in [0.2, 0.25) is 0 Å². The molecule has 7 nitrogen and oxygen atoms in total. The van der Waals surface area contributed by atoms with Gasteiger partial charge >= 0.3 is 0 Å². The highest BCUT2D eigenvalue weighted by atomic mass is 16.1. The summed E-state index contributed by atoms with van der Waals surface area (Å²) in [6, 6.07) is 13.7. The predicted octanol–water partition coefficient (Wildman–Crippen LogP) is 2.29. The molecule has 2 aromatic rings. The van der Waals surface area contributed by atoms with Crippen LogP contribution in [0.5, 0.6) is 0 Å². The number of benzene rings is 2. The van der Waals surface area contributed by atoms with Crippen molar-refractivity contribution in [1.29, 1.82) is 0 Å². The van der Waals surface area contributed by atoms with Crippen LogP contribution in [-0.4, -0.2) is 30.9 Å². The Kier molecular flexibility index (Phi) is 7.25. The van der Waals surface area contributed by atoms with E-state index in [-0.39, 0.29) is 5.92 Å². The number of carbonyl (C=O) groups excluding carboxylic acids is 3. The van der Waals surface area contributed by atoms with E-state index in [9.17, 15) is 14.4 Å². The van der Waals surface area contributed by atoms with Crippen LogP contribution in [0.25, 0.3) is 0 Å². The first kappa shape index (κ1) is 19.8. The van der Waals surface area contributed by atoms with E-state index in [0.29, 0.717) is 41.9 Å². The number of aldehydes is 1. The standard InChI is InChI=1S/C20H22N4O3/c21-19(26)15-7-1-3-9-17(15)23-12-14(6-5-11-25)13-24-18-10-4-2-8-16(18)20(22)27/h1-4,7-12,14,24H,5-6,13H2,(H2,21,26)(H2,22,27)/b23-12+. The van der Waals surface area contributed by atoms with E-state index in [0.717, 1.165) is 6.29 Å². The van der Waals surface area contributed by atoms with Crippen molar-refractivity contribution in [3.05, 3.63) is 59.7 Å². The first-order chi connectivity index (χ1) is 13.0. The lowest BCUT2D eigenvalue weighted by Crippen LogP contribution is -2.19. The summed E-state index contributed by atoms with van der Waals surface area (Å²) in [5.41, 5.74) is 12.6. The van der Waals surface area contributed by atoms with Gasteiger partial charge in [0.1, 0.15) is 6.29 Å². The van der Waals surface area contributed by atoms with Crippen molar-refractivity contribution < 1.29 is 14.4 Å². The van der Waals surface area contributed by atoms with Crippen LogP contribution < -0.4 is 16.8 Å². The summed E-state index contributed by atoms with van der Waals surface area (Å²) in [6.45, 7) is 0.445. The third kappa shape index (κ3) is 5.78. The van der Waals surface area contributed by atoms with Gasteiger partial charge in [0.15, 0.2) is 0 Å². The van der Waals surface area contributed by atoms with Crippen LogP contribution in [0.3, 0.4) is 0 Å². The van der Waals surface area contributed by atoms with E-state index >= 15 is 0 Å². The van der Waals surface area contributed by atoms with E-state index in [1.807, 2.05) is 0 Å². The maximum Gasteiger partial charge on any atom is 0.250 e. The molecule has 5 N–H and O–H groups in total. The maximum absolute atomic E-state index is 11.5. The normalized spacial score (nSPS) is 11.9. The minimum Gasteiger partial charge on any atom is -0.384 e. The second-order valence-corrected chi connectivity index (χ2v) is 5.95. The Balaban J connectivity index is 2.15. The summed E-state index contributed by atoms with van der Waals surface area (Å²) in [5, 5.41) is 3.18. The number of aliphatic imine (C=N–C) groups is 1. The highest BCUT2D eigenvalue weighted by Crippen LogP contribution is 2.19. The Morgan fingerprint density at radius 1 is 1.00 bits per heavy atom. The Morgan fingerprint density at radius 3 is 2.30 bits per heavy atom. The molecule has 1 unspecified atom stereocenters. The SMILES string of the molecule is NC(=O)c1ccccc1/N=C/C(CCC=O)CNc1ccccc1C(N)=O. The zero-order valence-electron chi connectivity index (χ0n) is 14.8. The van der Waals surface area contributed by atoms with Crippen molar-refractivity contribution in [2.75, 3.05) is 11.9 Å². The average molecular weight is 366 g/mol. The minimum absolute atomic E-state index is 0.0999. The van der Waals surface area contributed by atoms with Crippen LogP contribution in [-0.2, 0) is 4.79 Å². The van der Waals surface area contributed by atoms with Gasteiger partial charge in [-0.15, -0.1) is 0 Å². The third-order valence-corrected chi connectivity index (χ3v) is 4.00. The van der Waals surface area contributed by atoms with Crippen molar-refractivity contribution in [2.24, 2.45) is 22.4 Å². The molecule has 2 amide bonds. The fourth-order valence-electron chi connectivity index (χ4n) is 2.58. The lowest BCUT2D eigenvalue weighted by Gasteiger charge is -2.15. The monoisotopic (exact) mass is 366 g/mol. The number of para-hydroxylation sites is 2. The van der Waals surface area contributed by atoms with Crippen molar-refractivity contribution in [3.8, 4) is 0 Å². The van der Waals surface area contributed by atoms with Crippen molar-refractivity contribution in [1.82, 2.24) is 0 Å². The lowest BCUT2D eigenvalue weighted by atomic mass is 10.0. The number of nitrogens with zero attached hydrogens (tertiary/aromatic N) is 1. The van der Waals surface area contributed by atoms with Gasteiger partial charge in [-0.1, -0.05) is 24.3 Å². The predicted molar refractivity (Wildman–Crippen MR) is 105 cm³/mol. The molecule has 0 spiro atoms. The van der Waals surface area contributed by atoms with Crippen LogP contribution >= 0.6 is 0 Å². The molecule has 7 heteroatoms. The van der Waals surface area contributed by atoms with Gasteiger partial charge in [-0.05, 0) is 30.7 Å². The van der Waals surface area contributed by atoms with Gasteiger partial charge in [-0.3, -0.25) is 14.6 Å². The Bertz CT molecular complexity index is 849. The number of amides is 2. The van der Waals surface area contributed by atoms with Gasteiger partial charge in [0.25, 0.3) is 11.8 Å². The highest BCUT2D eigenvalue weighted by molar-refractivity contribution is 5.99. The second-order valence-electron chi connectivity index (χ2n) is 5.95.